The monoisotopic (exact) mass is 383 g/mol. The highest BCUT2D eigenvalue weighted by Gasteiger charge is 2.13. The minimum Gasteiger partial charge on any atom is -0.497 e. The Morgan fingerprint density at radius 3 is 2.75 bits per heavy atom. The van der Waals surface area contributed by atoms with Crippen LogP contribution < -0.4 is 14.8 Å². The van der Waals surface area contributed by atoms with E-state index in [0.717, 1.165) is 34.0 Å². The van der Waals surface area contributed by atoms with Crippen molar-refractivity contribution in [1.29, 1.82) is 0 Å². The maximum absolute atomic E-state index is 12.3. The third-order valence-electron chi connectivity index (χ3n) is 4.80. The number of aromatic nitrogens is 4. The van der Waals surface area contributed by atoms with Crippen molar-refractivity contribution in [2.75, 3.05) is 20.8 Å². The second-order valence-corrected chi connectivity index (χ2v) is 6.51. The van der Waals surface area contributed by atoms with E-state index in [1.165, 1.54) is 6.33 Å². The van der Waals surface area contributed by atoms with Crippen molar-refractivity contribution < 1.29 is 14.3 Å². The highest BCUT2D eigenvalue weighted by molar-refractivity contribution is 5.76. The summed E-state index contributed by atoms with van der Waals surface area (Å²) in [5, 5.41) is 7.15. The molecule has 148 valence electrons. The van der Waals surface area contributed by atoms with Crippen molar-refractivity contribution in [3.8, 4) is 11.5 Å². The summed E-state index contributed by atoms with van der Waals surface area (Å²) < 4.78 is 12.3. The average molecular weight is 383 g/mol. The van der Waals surface area contributed by atoms with Crippen molar-refractivity contribution in [3.05, 3.63) is 47.0 Å². The zero-order valence-corrected chi connectivity index (χ0v) is 16.7. The fraction of sp³-hybridized carbons (Fsp3) is 0.400. The number of rotatable bonds is 8. The number of hydrogen-bond acceptors (Lipinski definition) is 6. The fourth-order valence-electron chi connectivity index (χ4n) is 3.24. The van der Waals surface area contributed by atoms with Gasteiger partial charge in [-0.2, -0.15) is 10.1 Å². The molecule has 0 fully saturated rings. The topological polar surface area (TPSA) is 90.6 Å². The van der Waals surface area contributed by atoms with Gasteiger partial charge in [0.25, 0.3) is 5.78 Å². The minimum absolute atomic E-state index is 0.00460. The van der Waals surface area contributed by atoms with Gasteiger partial charge in [-0.3, -0.25) is 4.79 Å². The zero-order chi connectivity index (χ0) is 20.1. The standard InChI is InChI=1S/C20H25N5O3/c1-13-17(14(2)25-20(24-13)22-12-23-25)7-8-19(26)21-10-9-15-5-6-16(27-3)11-18(15)28-4/h5-6,11-12H,7-10H2,1-4H3,(H,21,26). The molecule has 2 aromatic heterocycles. The summed E-state index contributed by atoms with van der Waals surface area (Å²) >= 11 is 0. The average Bonchev–Trinajstić information content (AvgIpc) is 3.16. The second-order valence-electron chi connectivity index (χ2n) is 6.51. The quantitative estimate of drug-likeness (QED) is 0.640. The fourth-order valence-corrected chi connectivity index (χ4v) is 3.24. The van der Waals surface area contributed by atoms with E-state index in [-0.39, 0.29) is 5.91 Å². The number of methoxy groups -OCH3 is 2. The van der Waals surface area contributed by atoms with Gasteiger partial charge >= 0.3 is 0 Å². The number of carbonyl (C=O) groups is 1. The van der Waals surface area contributed by atoms with Crippen LogP contribution in [0.3, 0.4) is 0 Å². The van der Waals surface area contributed by atoms with Crippen LogP contribution in [-0.2, 0) is 17.6 Å². The smallest absolute Gasteiger partial charge is 0.252 e. The number of hydrogen-bond donors (Lipinski definition) is 1. The molecule has 0 saturated heterocycles. The number of amides is 1. The maximum Gasteiger partial charge on any atom is 0.252 e. The first-order valence-corrected chi connectivity index (χ1v) is 9.17. The van der Waals surface area contributed by atoms with Crippen LogP contribution in [0.25, 0.3) is 5.78 Å². The van der Waals surface area contributed by atoms with E-state index in [4.69, 9.17) is 9.47 Å². The summed E-state index contributed by atoms with van der Waals surface area (Å²) in [6.45, 7) is 4.45. The summed E-state index contributed by atoms with van der Waals surface area (Å²) in [5.41, 5.74) is 3.91. The van der Waals surface area contributed by atoms with E-state index in [9.17, 15) is 4.79 Å². The number of ether oxygens (including phenoxy) is 2. The molecular formula is C20H25N5O3. The summed E-state index contributed by atoms with van der Waals surface area (Å²) in [7, 11) is 3.25. The van der Waals surface area contributed by atoms with Gasteiger partial charge in [-0.1, -0.05) is 6.07 Å². The highest BCUT2D eigenvalue weighted by atomic mass is 16.5. The lowest BCUT2D eigenvalue weighted by Crippen LogP contribution is -2.26. The van der Waals surface area contributed by atoms with Crippen LogP contribution in [0.4, 0.5) is 0 Å². The molecule has 0 spiro atoms. The van der Waals surface area contributed by atoms with E-state index < -0.39 is 0 Å². The third-order valence-corrected chi connectivity index (χ3v) is 4.80. The lowest BCUT2D eigenvalue weighted by atomic mass is 10.1. The predicted octanol–water partition coefficient (Wildman–Crippen LogP) is 2.05. The van der Waals surface area contributed by atoms with Crippen molar-refractivity contribution in [2.45, 2.75) is 33.1 Å². The molecule has 1 N–H and O–H groups in total. The molecule has 0 aliphatic rings. The first kappa shape index (κ1) is 19.6. The lowest BCUT2D eigenvalue weighted by Gasteiger charge is -2.12. The molecule has 0 unspecified atom stereocenters. The van der Waals surface area contributed by atoms with Crippen LogP contribution in [0, 0.1) is 13.8 Å². The van der Waals surface area contributed by atoms with Gasteiger partial charge in [-0.25, -0.2) is 9.50 Å². The van der Waals surface area contributed by atoms with Crippen LogP contribution in [0.5, 0.6) is 11.5 Å². The van der Waals surface area contributed by atoms with Crippen molar-refractivity contribution in [2.24, 2.45) is 0 Å². The largest absolute Gasteiger partial charge is 0.497 e. The molecule has 0 radical (unpaired) electrons. The van der Waals surface area contributed by atoms with Crippen LogP contribution in [0.1, 0.15) is 28.9 Å². The van der Waals surface area contributed by atoms with Gasteiger partial charge in [0.05, 0.1) is 14.2 Å². The van der Waals surface area contributed by atoms with E-state index in [1.807, 2.05) is 32.0 Å². The number of aryl methyl sites for hydroxylation is 2. The van der Waals surface area contributed by atoms with E-state index in [1.54, 1.807) is 18.7 Å². The molecule has 3 rings (SSSR count). The number of nitrogens with one attached hydrogen (secondary N) is 1. The van der Waals surface area contributed by atoms with Gasteiger partial charge in [0.1, 0.15) is 17.8 Å². The molecule has 0 saturated carbocycles. The molecule has 2 heterocycles. The van der Waals surface area contributed by atoms with Gasteiger partial charge in [-0.05, 0) is 43.9 Å². The third kappa shape index (κ3) is 4.21. The minimum atomic E-state index is 0.00460. The Hall–Kier alpha value is -3.16. The van der Waals surface area contributed by atoms with E-state index >= 15 is 0 Å². The molecule has 8 heteroatoms. The van der Waals surface area contributed by atoms with Gasteiger partial charge in [0.2, 0.25) is 5.91 Å². The summed E-state index contributed by atoms with van der Waals surface area (Å²) in [4.78, 5) is 20.8. The molecule has 0 aliphatic carbocycles. The Labute approximate surface area is 163 Å². The number of carbonyl (C=O) groups excluding carboxylic acids is 1. The van der Waals surface area contributed by atoms with Gasteiger partial charge in [-0.15, -0.1) is 0 Å². The summed E-state index contributed by atoms with van der Waals surface area (Å²) in [5.74, 6) is 2.09. The highest BCUT2D eigenvalue weighted by Crippen LogP contribution is 2.24. The van der Waals surface area contributed by atoms with Crippen LogP contribution in [0.15, 0.2) is 24.5 Å². The van der Waals surface area contributed by atoms with Crippen LogP contribution >= 0.6 is 0 Å². The first-order chi connectivity index (χ1) is 13.5. The summed E-state index contributed by atoms with van der Waals surface area (Å²) in [6, 6.07) is 5.68. The second kappa shape index (κ2) is 8.69. The Bertz CT molecular complexity index is 983. The van der Waals surface area contributed by atoms with Crippen LogP contribution in [-0.4, -0.2) is 46.3 Å². The van der Waals surface area contributed by atoms with Gasteiger partial charge < -0.3 is 14.8 Å². The van der Waals surface area contributed by atoms with Crippen LogP contribution in [0.2, 0.25) is 0 Å². The molecule has 1 amide bonds. The SMILES string of the molecule is COc1ccc(CCNC(=O)CCc2c(C)nc3ncnn3c2C)c(OC)c1. The maximum atomic E-state index is 12.3. The molecule has 1 aromatic carbocycles. The predicted molar refractivity (Wildman–Crippen MR) is 105 cm³/mol. The van der Waals surface area contributed by atoms with Crippen molar-refractivity contribution in [1.82, 2.24) is 24.9 Å². The lowest BCUT2D eigenvalue weighted by molar-refractivity contribution is -0.121. The molecule has 0 aliphatic heterocycles. The Morgan fingerprint density at radius 1 is 1.18 bits per heavy atom. The molecule has 0 atom stereocenters. The molecular weight excluding hydrogens is 358 g/mol. The summed E-state index contributed by atoms with van der Waals surface area (Å²) in [6.07, 6.45) is 3.17. The number of fused-ring (bicyclic) bond motifs is 1. The molecule has 8 nitrogen and oxygen atoms in total. The Kier molecular flexibility index (Phi) is 6.08. The normalized spacial score (nSPS) is 10.9. The zero-order valence-electron chi connectivity index (χ0n) is 16.7. The molecule has 0 bridgehead atoms. The van der Waals surface area contributed by atoms with E-state index in [2.05, 4.69) is 20.4 Å². The Balaban J connectivity index is 1.54. The molecule has 28 heavy (non-hydrogen) atoms. The van der Waals surface area contributed by atoms with Gasteiger partial charge in [0.15, 0.2) is 0 Å². The van der Waals surface area contributed by atoms with Crippen molar-refractivity contribution >= 4 is 11.7 Å². The van der Waals surface area contributed by atoms with Crippen molar-refractivity contribution in [3.63, 3.8) is 0 Å². The Morgan fingerprint density at radius 2 is 2.00 bits per heavy atom. The van der Waals surface area contributed by atoms with E-state index in [0.29, 0.717) is 31.6 Å². The molecule has 3 aromatic rings. The number of nitrogens with zero attached hydrogens (tertiary/aromatic N) is 4. The first-order valence-electron chi connectivity index (χ1n) is 9.17. The number of benzene rings is 1. The van der Waals surface area contributed by atoms with Gasteiger partial charge in [0, 0.05) is 30.4 Å².